The second kappa shape index (κ2) is 6.72. The molecule has 0 saturated heterocycles. The Morgan fingerprint density at radius 1 is 1.15 bits per heavy atom. The van der Waals surface area contributed by atoms with Gasteiger partial charge in [0, 0.05) is 42.3 Å². The monoisotopic (exact) mass is 349 g/mol. The topological polar surface area (TPSA) is 78.8 Å². The third-order valence-corrected chi connectivity index (χ3v) is 3.95. The number of aromatic amines is 1. The Morgan fingerprint density at radius 3 is 2.88 bits per heavy atom. The zero-order valence-corrected chi connectivity index (χ0v) is 13.7. The highest BCUT2D eigenvalue weighted by molar-refractivity contribution is 5.58. The smallest absolute Gasteiger partial charge is 0.152 e. The van der Waals surface area contributed by atoms with Crippen molar-refractivity contribution in [3.63, 3.8) is 0 Å². The number of nitrogens with zero attached hydrogens (tertiary/aromatic N) is 3. The number of H-pyrrole nitrogens is 1. The molecular weight excluding hydrogens is 333 g/mol. The van der Waals surface area contributed by atoms with Crippen LogP contribution in [0.2, 0.25) is 0 Å². The van der Waals surface area contributed by atoms with Crippen molar-refractivity contribution < 1.29 is 9.50 Å². The van der Waals surface area contributed by atoms with E-state index in [9.17, 15) is 9.50 Å². The lowest BCUT2D eigenvalue weighted by atomic mass is 10.1. The molecule has 130 valence electrons. The van der Waals surface area contributed by atoms with Crippen LogP contribution in [0.3, 0.4) is 0 Å². The highest BCUT2D eigenvalue weighted by Gasteiger charge is 2.07. The number of aromatic hydroxyl groups is 1. The lowest BCUT2D eigenvalue weighted by Gasteiger charge is -2.05. The third kappa shape index (κ3) is 3.41. The predicted octanol–water partition coefficient (Wildman–Crippen LogP) is 3.77. The van der Waals surface area contributed by atoms with Crippen molar-refractivity contribution in [3.8, 4) is 11.4 Å². The molecule has 0 bridgehead atoms. The Hall–Kier alpha value is -3.61. The molecule has 26 heavy (non-hydrogen) atoms. The number of hydrogen-bond donors (Lipinski definition) is 3. The molecular formula is C19H16FN5O. The number of hydrogen-bond acceptors (Lipinski definition) is 4. The maximum Gasteiger partial charge on any atom is 0.152 e. The number of phenolic OH excluding ortho intramolecular Hbond substituents is 1. The van der Waals surface area contributed by atoms with Crippen molar-refractivity contribution in [1.29, 1.82) is 0 Å². The van der Waals surface area contributed by atoms with Crippen LogP contribution in [-0.4, -0.2) is 24.9 Å². The number of rotatable bonds is 5. The van der Waals surface area contributed by atoms with Crippen molar-refractivity contribution in [1.82, 2.24) is 19.7 Å². The Balaban J connectivity index is 1.49. The van der Waals surface area contributed by atoms with E-state index < -0.39 is 5.82 Å². The van der Waals surface area contributed by atoms with Crippen LogP contribution < -0.4 is 5.32 Å². The van der Waals surface area contributed by atoms with E-state index in [4.69, 9.17) is 0 Å². The molecule has 0 aliphatic rings. The van der Waals surface area contributed by atoms with Crippen LogP contribution in [0.15, 0.2) is 67.3 Å². The van der Waals surface area contributed by atoms with Crippen LogP contribution in [0.1, 0.15) is 11.3 Å². The van der Waals surface area contributed by atoms with Gasteiger partial charge in [0.2, 0.25) is 0 Å². The molecule has 2 aromatic carbocycles. The molecule has 0 amide bonds. The van der Waals surface area contributed by atoms with Gasteiger partial charge in [0.25, 0.3) is 0 Å². The summed E-state index contributed by atoms with van der Waals surface area (Å²) in [7, 11) is 0. The minimum Gasteiger partial charge on any atom is -0.508 e. The van der Waals surface area contributed by atoms with Crippen LogP contribution >= 0.6 is 0 Å². The van der Waals surface area contributed by atoms with Crippen molar-refractivity contribution in [2.24, 2.45) is 0 Å². The van der Waals surface area contributed by atoms with Crippen LogP contribution in [0.25, 0.3) is 5.69 Å². The molecule has 0 aliphatic carbocycles. The number of phenols is 1. The summed E-state index contributed by atoms with van der Waals surface area (Å²) in [4.78, 5) is 4.06. The number of benzene rings is 2. The first kappa shape index (κ1) is 15.9. The van der Waals surface area contributed by atoms with Gasteiger partial charge in [0.1, 0.15) is 11.6 Å². The van der Waals surface area contributed by atoms with Crippen molar-refractivity contribution in [2.45, 2.75) is 6.42 Å². The molecule has 2 aromatic heterocycles. The van der Waals surface area contributed by atoms with Gasteiger partial charge in [-0.05, 0) is 29.8 Å². The third-order valence-electron chi connectivity index (χ3n) is 3.95. The summed E-state index contributed by atoms with van der Waals surface area (Å²) in [5, 5.41) is 19.3. The van der Waals surface area contributed by atoms with E-state index in [1.807, 2.05) is 35.0 Å². The van der Waals surface area contributed by atoms with Gasteiger partial charge in [-0.1, -0.05) is 12.1 Å². The Kier molecular flexibility index (Phi) is 4.10. The van der Waals surface area contributed by atoms with Gasteiger partial charge in [-0.2, -0.15) is 5.10 Å². The molecule has 0 radical (unpaired) electrons. The zero-order chi connectivity index (χ0) is 17.9. The van der Waals surface area contributed by atoms with Gasteiger partial charge in [-0.15, -0.1) is 0 Å². The number of aromatic nitrogens is 4. The van der Waals surface area contributed by atoms with Crippen LogP contribution in [0.4, 0.5) is 15.9 Å². The lowest BCUT2D eigenvalue weighted by Crippen LogP contribution is -1.94. The summed E-state index contributed by atoms with van der Waals surface area (Å²) < 4.78 is 15.7. The van der Waals surface area contributed by atoms with Crippen LogP contribution in [0, 0.1) is 5.82 Å². The zero-order valence-electron chi connectivity index (χ0n) is 13.7. The average molecular weight is 349 g/mol. The summed E-state index contributed by atoms with van der Waals surface area (Å²) in [6.45, 7) is 0. The Labute approximate surface area is 149 Å². The van der Waals surface area contributed by atoms with Gasteiger partial charge < -0.3 is 15.0 Å². The SMILES string of the molecule is Oc1ccc(Nc2cc(Cc3cccc(-n4ccnc4)c3)[nH]n2)c(F)c1. The summed E-state index contributed by atoms with van der Waals surface area (Å²) in [5.41, 5.74) is 3.30. The van der Waals surface area contributed by atoms with Gasteiger partial charge in [-0.25, -0.2) is 9.37 Å². The number of imidazole rings is 1. The van der Waals surface area contributed by atoms with E-state index in [1.54, 1.807) is 12.5 Å². The van der Waals surface area contributed by atoms with Gasteiger partial charge in [-0.3, -0.25) is 5.10 Å². The molecule has 3 N–H and O–H groups in total. The minimum atomic E-state index is -0.539. The number of halogens is 1. The summed E-state index contributed by atoms with van der Waals surface area (Å²) in [6, 6.07) is 13.9. The molecule has 0 atom stereocenters. The number of anilines is 2. The fourth-order valence-electron chi connectivity index (χ4n) is 2.72. The van der Waals surface area contributed by atoms with Crippen molar-refractivity contribution in [2.75, 3.05) is 5.32 Å². The van der Waals surface area contributed by atoms with Crippen molar-refractivity contribution in [3.05, 3.63) is 84.3 Å². The normalized spacial score (nSPS) is 10.8. The molecule has 7 heteroatoms. The van der Waals surface area contributed by atoms with Crippen LogP contribution in [-0.2, 0) is 6.42 Å². The maximum absolute atomic E-state index is 13.8. The lowest BCUT2D eigenvalue weighted by molar-refractivity contribution is 0.469. The van der Waals surface area contributed by atoms with E-state index in [-0.39, 0.29) is 11.4 Å². The molecule has 0 unspecified atom stereocenters. The molecule has 4 rings (SSSR count). The molecule has 0 saturated carbocycles. The predicted molar refractivity (Wildman–Crippen MR) is 96.3 cm³/mol. The second-order valence-electron chi connectivity index (χ2n) is 5.88. The molecule has 2 heterocycles. The van der Waals surface area contributed by atoms with Crippen LogP contribution in [0.5, 0.6) is 5.75 Å². The highest BCUT2D eigenvalue weighted by atomic mass is 19.1. The minimum absolute atomic E-state index is 0.117. The summed E-state index contributed by atoms with van der Waals surface area (Å²) in [5.74, 6) is -0.147. The molecule has 0 fully saturated rings. The van der Waals surface area contributed by atoms with E-state index in [2.05, 4.69) is 26.6 Å². The van der Waals surface area contributed by atoms with Crippen molar-refractivity contribution >= 4 is 11.5 Å². The van der Waals surface area contributed by atoms with E-state index in [0.717, 1.165) is 23.0 Å². The first-order valence-corrected chi connectivity index (χ1v) is 8.04. The fraction of sp³-hybridized carbons (Fsp3) is 0.0526. The summed E-state index contributed by atoms with van der Waals surface area (Å²) >= 11 is 0. The maximum atomic E-state index is 13.8. The largest absolute Gasteiger partial charge is 0.508 e. The fourth-order valence-corrected chi connectivity index (χ4v) is 2.72. The second-order valence-corrected chi connectivity index (χ2v) is 5.88. The number of nitrogens with one attached hydrogen (secondary N) is 2. The molecule has 4 aromatic rings. The molecule has 6 nitrogen and oxygen atoms in total. The molecule has 0 spiro atoms. The van der Waals surface area contributed by atoms with Gasteiger partial charge in [0.05, 0.1) is 12.0 Å². The Bertz CT molecular complexity index is 1030. The first-order chi connectivity index (χ1) is 12.7. The highest BCUT2D eigenvalue weighted by Crippen LogP contribution is 2.23. The summed E-state index contributed by atoms with van der Waals surface area (Å²) in [6.07, 6.45) is 6.05. The average Bonchev–Trinajstić information content (AvgIpc) is 3.30. The van der Waals surface area contributed by atoms with Gasteiger partial charge in [0.15, 0.2) is 5.82 Å². The van der Waals surface area contributed by atoms with Gasteiger partial charge >= 0.3 is 0 Å². The first-order valence-electron chi connectivity index (χ1n) is 8.04. The van der Waals surface area contributed by atoms with E-state index in [1.165, 1.54) is 12.1 Å². The van der Waals surface area contributed by atoms with E-state index in [0.29, 0.717) is 12.2 Å². The standard InChI is InChI=1S/C19H16FN5O/c20-17-11-16(26)4-5-18(17)22-19-10-14(23-24-19)8-13-2-1-3-15(9-13)25-7-6-21-12-25/h1-7,9-12,26H,8H2,(H2,22,23,24). The quantitative estimate of drug-likeness (QED) is 0.479. The van der Waals surface area contributed by atoms with E-state index >= 15 is 0 Å². The Morgan fingerprint density at radius 2 is 2.08 bits per heavy atom. The molecule has 0 aliphatic heterocycles.